The van der Waals surface area contributed by atoms with Gasteiger partial charge in [0, 0.05) is 25.2 Å². The van der Waals surface area contributed by atoms with E-state index >= 15 is 0 Å². The first-order valence-electron chi connectivity index (χ1n) is 8.53. The van der Waals surface area contributed by atoms with Gasteiger partial charge in [-0.2, -0.15) is 0 Å². The smallest absolute Gasteiger partial charge is 0.191 e. The molecule has 0 saturated heterocycles. The van der Waals surface area contributed by atoms with Crippen molar-refractivity contribution in [3.63, 3.8) is 0 Å². The van der Waals surface area contributed by atoms with E-state index in [1.807, 2.05) is 30.3 Å². The Morgan fingerprint density at radius 3 is 2.44 bits per heavy atom. The van der Waals surface area contributed by atoms with E-state index in [-0.39, 0.29) is 30.0 Å². The number of aliphatic imine (C=N–C) groups is 1. The molecule has 0 aromatic heterocycles. The molecule has 5 nitrogen and oxygen atoms in total. The molecule has 0 aliphatic rings. The fraction of sp³-hybridized carbons (Fsp3) is 0.350. The molecule has 7 heteroatoms. The second-order valence-electron chi connectivity index (χ2n) is 6.19. The first-order valence-corrected chi connectivity index (χ1v) is 8.90. The van der Waals surface area contributed by atoms with E-state index in [1.54, 1.807) is 14.2 Å². The number of nitrogens with one attached hydrogen (secondary N) is 2. The molecule has 0 amide bonds. The van der Waals surface area contributed by atoms with Crippen molar-refractivity contribution in [1.29, 1.82) is 0 Å². The lowest BCUT2D eigenvalue weighted by molar-refractivity contribution is 0.298. The molecule has 2 aromatic rings. The third kappa shape index (κ3) is 7.56. The molecular weight excluding hydrogens is 475 g/mol. The van der Waals surface area contributed by atoms with Crippen molar-refractivity contribution in [3.05, 3.63) is 64.7 Å². The highest BCUT2D eigenvalue weighted by Gasteiger charge is 2.14. The van der Waals surface area contributed by atoms with E-state index in [1.165, 1.54) is 5.56 Å². The normalized spacial score (nSPS) is 12.3. The van der Waals surface area contributed by atoms with Crippen molar-refractivity contribution < 1.29 is 4.74 Å². The number of hydrogen-bond acceptors (Lipinski definition) is 3. The van der Waals surface area contributed by atoms with E-state index in [2.05, 4.69) is 52.8 Å². The van der Waals surface area contributed by atoms with E-state index in [4.69, 9.17) is 16.3 Å². The molecule has 0 fully saturated rings. The minimum atomic E-state index is 0. The Balaban J connectivity index is 0.00000364. The van der Waals surface area contributed by atoms with E-state index in [0.29, 0.717) is 6.54 Å². The van der Waals surface area contributed by atoms with Crippen LogP contribution in [0.25, 0.3) is 0 Å². The van der Waals surface area contributed by atoms with Gasteiger partial charge in [-0.05, 0) is 49.5 Å². The van der Waals surface area contributed by atoms with Crippen LogP contribution in [0.5, 0.6) is 5.75 Å². The summed E-state index contributed by atoms with van der Waals surface area (Å²) in [6.45, 7) is 1.40. The Labute approximate surface area is 184 Å². The van der Waals surface area contributed by atoms with Gasteiger partial charge in [-0.25, -0.2) is 0 Å². The number of likely N-dealkylation sites (N-methyl/N-ethyl adjacent to an activating group) is 1. The van der Waals surface area contributed by atoms with Gasteiger partial charge >= 0.3 is 0 Å². The maximum atomic E-state index is 6.00. The molecule has 0 aliphatic heterocycles. The number of hydrogen-bond donors (Lipinski definition) is 2. The second kappa shape index (κ2) is 12.0. The quantitative estimate of drug-likeness (QED) is 0.342. The summed E-state index contributed by atoms with van der Waals surface area (Å²) in [5.74, 6) is 1.61. The van der Waals surface area contributed by atoms with Crippen LogP contribution < -0.4 is 15.4 Å². The van der Waals surface area contributed by atoms with E-state index < -0.39 is 0 Å². The number of benzene rings is 2. The Hall–Kier alpha value is -1.51. The first kappa shape index (κ1) is 23.5. The number of nitrogens with zero attached hydrogens (tertiary/aromatic N) is 2. The van der Waals surface area contributed by atoms with Crippen LogP contribution in [0.1, 0.15) is 17.2 Å². The molecule has 0 heterocycles. The summed E-state index contributed by atoms with van der Waals surface area (Å²) in [6, 6.07) is 16.1. The third-order valence-corrected chi connectivity index (χ3v) is 4.41. The zero-order valence-corrected chi connectivity index (χ0v) is 19.3. The summed E-state index contributed by atoms with van der Waals surface area (Å²) in [5.41, 5.74) is 2.34. The van der Waals surface area contributed by atoms with Crippen molar-refractivity contribution in [2.45, 2.75) is 12.6 Å². The predicted molar refractivity (Wildman–Crippen MR) is 124 cm³/mol. The molecule has 2 rings (SSSR count). The standard InChI is InChI=1S/C20H27ClN4O.HI/c1-22-20(23-13-15-6-5-7-18(12-15)26-4)24-14-19(25(2)3)16-8-10-17(21)11-9-16;/h5-12,19H,13-14H2,1-4H3,(H2,22,23,24);1H. The van der Waals surface area contributed by atoms with E-state index in [0.717, 1.165) is 28.8 Å². The summed E-state index contributed by atoms with van der Waals surface area (Å²) >= 11 is 6.00. The van der Waals surface area contributed by atoms with Gasteiger partial charge in [0.2, 0.25) is 0 Å². The number of methoxy groups -OCH3 is 1. The number of guanidine groups is 1. The Bertz CT molecular complexity index is 722. The first-order chi connectivity index (χ1) is 12.5. The molecule has 0 aliphatic carbocycles. The maximum absolute atomic E-state index is 6.00. The molecule has 1 unspecified atom stereocenters. The van der Waals surface area contributed by atoms with Gasteiger partial charge in [0.15, 0.2) is 5.96 Å². The largest absolute Gasteiger partial charge is 0.497 e. The molecule has 0 bridgehead atoms. The molecule has 27 heavy (non-hydrogen) atoms. The van der Waals surface area contributed by atoms with Gasteiger partial charge in [-0.3, -0.25) is 4.99 Å². The fourth-order valence-corrected chi connectivity index (χ4v) is 2.79. The zero-order chi connectivity index (χ0) is 18.9. The molecule has 1 atom stereocenters. The molecule has 2 N–H and O–H groups in total. The van der Waals surface area contributed by atoms with Gasteiger partial charge in [-0.1, -0.05) is 35.9 Å². The van der Waals surface area contributed by atoms with Crippen LogP contribution in [0.2, 0.25) is 5.02 Å². The van der Waals surface area contributed by atoms with Crippen LogP contribution in [0, 0.1) is 0 Å². The second-order valence-corrected chi connectivity index (χ2v) is 6.63. The molecule has 0 radical (unpaired) electrons. The summed E-state index contributed by atoms with van der Waals surface area (Å²) in [6.07, 6.45) is 0. The zero-order valence-electron chi connectivity index (χ0n) is 16.2. The highest BCUT2D eigenvalue weighted by atomic mass is 127. The van der Waals surface area contributed by atoms with Crippen LogP contribution in [-0.2, 0) is 6.54 Å². The minimum absolute atomic E-state index is 0. The number of ether oxygens (including phenoxy) is 1. The number of halogens is 2. The average Bonchev–Trinajstić information content (AvgIpc) is 2.65. The Kier molecular flexibility index (Phi) is 10.5. The van der Waals surface area contributed by atoms with Gasteiger partial charge in [0.25, 0.3) is 0 Å². The maximum Gasteiger partial charge on any atom is 0.191 e. The van der Waals surface area contributed by atoms with Crippen LogP contribution in [-0.4, -0.2) is 45.7 Å². The van der Waals surface area contributed by atoms with Crippen LogP contribution in [0.3, 0.4) is 0 Å². The third-order valence-electron chi connectivity index (χ3n) is 4.16. The lowest BCUT2D eigenvalue weighted by atomic mass is 10.1. The summed E-state index contributed by atoms with van der Waals surface area (Å²) in [5, 5.41) is 7.48. The van der Waals surface area contributed by atoms with Crippen molar-refractivity contribution in [3.8, 4) is 5.75 Å². The highest BCUT2D eigenvalue weighted by Crippen LogP contribution is 2.19. The minimum Gasteiger partial charge on any atom is -0.497 e. The van der Waals surface area contributed by atoms with Crippen molar-refractivity contribution in [2.75, 3.05) is 34.8 Å². The monoisotopic (exact) mass is 502 g/mol. The van der Waals surface area contributed by atoms with Gasteiger partial charge in [0.05, 0.1) is 13.2 Å². The lowest BCUT2D eigenvalue weighted by Crippen LogP contribution is -2.41. The number of rotatable bonds is 7. The summed E-state index contributed by atoms with van der Waals surface area (Å²) in [4.78, 5) is 6.48. The Morgan fingerprint density at radius 2 is 1.85 bits per heavy atom. The van der Waals surface area contributed by atoms with Crippen molar-refractivity contribution in [1.82, 2.24) is 15.5 Å². The average molecular weight is 503 g/mol. The molecule has 0 saturated carbocycles. The van der Waals surface area contributed by atoms with Crippen molar-refractivity contribution >= 4 is 41.5 Å². The molecule has 148 valence electrons. The van der Waals surface area contributed by atoms with Crippen molar-refractivity contribution in [2.24, 2.45) is 4.99 Å². The van der Waals surface area contributed by atoms with Crippen LogP contribution >= 0.6 is 35.6 Å². The highest BCUT2D eigenvalue weighted by molar-refractivity contribution is 14.0. The van der Waals surface area contributed by atoms with Gasteiger partial charge in [-0.15, -0.1) is 24.0 Å². The predicted octanol–water partition coefficient (Wildman–Crippen LogP) is 3.93. The molecular formula is C20H28ClIN4O. The molecule has 0 spiro atoms. The summed E-state index contributed by atoms with van der Waals surface area (Å²) in [7, 11) is 7.57. The van der Waals surface area contributed by atoms with Crippen LogP contribution in [0.15, 0.2) is 53.5 Å². The fourth-order valence-electron chi connectivity index (χ4n) is 2.67. The van der Waals surface area contributed by atoms with Gasteiger partial charge < -0.3 is 20.3 Å². The lowest BCUT2D eigenvalue weighted by Gasteiger charge is -2.26. The van der Waals surface area contributed by atoms with Crippen LogP contribution in [0.4, 0.5) is 0 Å². The van der Waals surface area contributed by atoms with E-state index in [9.17, 15) is 0 Å². The van der Waals surface area contributed by atoms with Gasteiger partial charge in [0.1, 0.15) is 5.75 Å². The topological polar surface area (TPSA) is 48.9 Å². The summed E-state index contributed by atoms with van der Waals surface area (Å²) < 4.78 is 5.26. The molecule has 2 aromatic carbocycles. The SMILES string of the molecule is CN=C(NCc1cccc(OC)c1)NCC(c1ccc(Cl)cc1)N(C)C.I. The Morgan fingerprint density at radius 1 is 1.15 bits per heavy atom.